The van der Waals surface area contributed by atoms with Crippen LogP contribution in [0.3, 0.4) is 0 Å². The van der Waals surface area contributed by atoms with Crippen molar-refractivity contribution >= 4 is 0 Å². The first-order chi connectivity index (χ1) is 7.33. The van der Waals surface area contributed by atoms with Gasteiger partial charge in [-0.25, -0.2) is 0 Å². The Kier molecular flexibility index (Phi) is 3.65. The first-order valence-electron chi connectivity index (χ1n) is 6.23. The van der Waals surface area contributed by atoms with Crippen LogP contribution in [0.5, 0.6) is 0 Å². The maximum atomic E-state index is 5.85. The van der Waals surface area contributed by atoms with Crippen molar-refractivity contribution in [2.45, 2.75) is 57.6 Å². The second kappa shape index (κ2) is 4.81. The smallest absolute Gasteiger partial charge is 0.0662 e. The molecule has 1 N–H and O–H groups in total. The lowest BCUT2D eigenvalue weighted by atomic mass is 9.55. The molecule has 15 heavy (non-hydrogen) atoms. The Morgan fingerprint density at radius 2 is 2.00 bits per heavy atom. The zero-order valence-corrected chi connectivity index (χ0v) is 9.92. The molecule has 0 aromatic rings. The fourth-order valence-electron chi connectivity index (χ4n) is 3.37. The highest BCUT2D eigenvalue weighted by molar-refractivity contribution is 5.07. The van der Waals surface area contributed by atoms with Crippen LogP contribution in [-0.2, 0) is 9.57 Å². The van der Waals surface area contributed by atoms with E-state index in [4.69, 9.17) is 9.57 Å². The van der Waals surface area contributed by atoms with Crippen LogP contribution in [0, 0.1) is 5.41 Å². The van der Waals surface area contributed by atoms with Gasteiger partial charge >= 0.3 is 0 Å². The molecule has 88 valence electrons. The Balaban J connectivity index is 1.99. The second-order valence-corrected chi connectivity index (χ2v) is 4.85. The minimum absolute atomic E-state index is 0.379. The van der Waals surface area contributed by atoms with Gasteiger partial charge < -0.3 is 9.57 Å². The average Bonchev–Trinajstić information content (AvgIpc) is 2.29. The van der Waals surface area contributed by atoms with Crippen molar-refractivity contribution < 1.29 is 9.57 Å². The van der Waals surface area contributed by atoms with E-state index in [9.17, 15) is 0 Å². The van der Waals surface area contributed by atoms with Crippen molar-refractivity contribution in [3.05, 3.63) is 0 Å². The van der Waals surface area contributed by atoms with E-state index < -0.39 is 0 Å². The number of nitrogens with one attached hydrogen (secondary N) is 1. The Labute approximate surface area is 92.5 Å². The highest BCUT2D eigenvalue weighted by atomic mass is 16.6. The third-order valence-electron chi connectivity index (χ3n) is 4.20. The summed E-state index contributed by atoms with van der Waals surface area (Å²) in [6.45, 7) is 2.93. The van der Waals surface area contributed by atoms with Crippen LogP contribution in [0.25, 0.3) is 0 Å². The number of hydroxylamine groups is 1. The summed E-state index contributed by atoms with van der Waals surface area (Å²) in [4.78, 5) is 5.09. The predicted molar refractivity (Wildman–Crippen MR) is 59.5 cm³/mol. The molecule has 2 atom stereocenters. The van der Waals surface area contributed by atoms with Gasteiger partial charge in [-0.3, -0.25) is 0 Å². The largest absolute Gasteiger partial charge is 0.378 e. The highest BCUT2D eigenvalue weighted by Crippen LogP contribution is 2.53. The van der Waals surface area contributed by atoms with Crippen molar-refractivity contribution in [1.29, 1.82) is 0 Å². The molecule has 2 aliphatic carbocycles. The summed E-state index contributed by atoms with van der Waals surface area (Å²) >= 11 is 0. The van der Waals surface area contributed by atoms with E-state index >= 15 is 0 Å². The lowest BCUT2D eigenvalue weighted by Crippen LogP contribution is -2.64. The maximum absolute atomic E-state index is 5.85. The van der Waals surface area contributed by atoms with E-state index in [1.54, 1.807) is 7.11 Å². The minimum atomic E-state index is 0.379. The van der Waals surface area contributed by atoms with Crippen LogP contribution in [0.15, 0.2) is 0 Å². The molecule has 0 radical (unpaired) electrons. The molecule has 2 unspecified atom stereocenters. The van der Waals surface area contributed by atoms with E-state index in [2.05, 4.69) is 12.4 Å². The van der Waals surface area contributed by atoms with Crippen LogP contribution in [0.1, 0.15) is 45.4 Å². The number of hydrogen-bond acceptors (Lipinski definition) is 3. The molecular weight excluding hydrogens is 190 g/mol. The SMILES string of the molecule is CCOC1CC(NOC)C12CCCCC2. The molecular formula is C12H23NO2. The normalized spacial score (nSPS) is 34.0. The van der Waals surface area contributed by atoms with Gasteiger partial charge in [0.25, 0.3) is 0 Å². The molecule has 0 aromatic carbocycles. The molecule has 0 amide bonds. The second-order valence-electron chi connectivity index (χ2n) is 4.85. The first-order valence-corrected chi connectivity index (χ1v) is 6.23. The molecule has 0 aromatic heterocycles. The standard InChI is InChI=1S/C12H23NO2/c1-3-15-11-9-10(13-14-2)12(11)7-5-4-6-8-12/h10-11,13H,3-9H2,1-2H3. The predicted octanol–water partition coefficient (Wildman–Crippen LogP) is 2.27. The quantitative estimate of drug-likeness (QED) is 0.727. The monoisotopic (exact) mass is 213 g/mol. The van der Waals surface area contributed by atoms with Crippen molar-refractivity contribution in [2.24, 2.45) is 5.41 Å². The molecule has 2 fully saturated rings. The number of hydrogen-bond donors (Lipinski definition) is 1. The van der Waals surface area contributed by atoms with Crippen LogP contribution >= 0.6 is 0 Å². The molecule has 0 heterocycles. The van der Waals surface area contributed by atoms with Gasteiger partial charge in [-0.2, -0.15) is 5.48 Å². The van der Waals surface area contributed by atoms with Crippen LogP contribution < -0.4 is 5.48 Å². The fraction of sp³-hybridized carbons (Fsp3) is 1.00. The van der Waals surface area contributed by atoms with Crippen molar-refractivity contribution in [3.63, 3.8) is 0 Å². The zero-order chi connectivity index (χ0) is 10.7. The Morgan fingerprint density at radius 3 is 2.60 bits per heavy atom. The third kappa shape index (κ3) is 1.93. The Morgan fingerprint density at radius 1 is 1.27 bits per heavy atom. The molecule has 2 saturated carbocycles. The maximum Gasteiger partial charge on any atom is 0.0662 e. The van der Waals surface area contributed by atoms with Crippen LogP contribution in [-0.4, -0.2) is 25.9 Å². The molecule has 0 saturated heterocycles. The lowest BCUT2D eigenvalue weighted by molar-refractivity contribution is -0.179. The topological polar surface area (TPSA) is 30.5 Å². The van der Waals surface area contributed by atoms with E-state index in [0.29, 0.717) is 17.6 Å². The summed E-state index contributed by atoms with van der Waals surface area (Å²) in [6.07, 6.45) is 8.28. The summed E-state index contributed by atoms with van der Waals surface area (Å²) < 4.78 is 5.85. The van der Waals surface area contributed by atoms with Crippen molar-refractivity contribution in [2.75, 3.05) is 13.7 Å². The fourth-order valence-corrected chi connectivity index (χ4v) is 3.37. The summed E-state index contributed by atoms with van der Waals surface area (Å²) in [6, 6.07) is 0.513. The number of ether oxygens (including phenoxy) is 1. The van der Waals surface area contributed by atoms with Gasteiger partial charge in [0, 0.05) is 18.1 Å². The first kappa shape index (κ1) is 11.4. The van der Waals surface area contributed by atoms with E-state index in [1.807, 2.05) is 0 Å². The molecule has 0 aliphatic heterocycles. The van der Waals surface area contributed by atoms with E-state index in [1.165, 1.54) is 32.1 Å². The highest BCUT2D eigenvalue weighted by Gasteiger charge is 2.55. The molecule has 2 aliphatic rings. The van der Waals surface area contributed by atoms with E-state index in [0.717, 1.165) is 13.0 Å². The van der Waals surface area contributed by atoms with Gasteiger partial charge in [0.1, 0.15) is 0 Å². The zero-order valence-electron chi connectivity index (χ0n) is 9.92. The number of rotatable bonds is 4. The van der Waals surface area contributed by atoms with Crippen molar-refractivity contribution in [3.8, 4) is 0 Å². The van der Waals surface area contributed by atoms with Gasteiger partial charge in [-0.1, -0.05) is 19.3 Å². The van der Waals surface area contributed by atoms with Gasteiger partial charge in [-0.15, -0.1) is 0 Å². The molecule has 3 nitrogen and oxygen atoms in total. The van der Waals surface area contributed by atoms with Gasteiger partial charge in [0.2, 0.25) is 0 Å². The summed E-state index contributed by atoms with van der Waals surface area (Å²) in [5.74, 6) is 0. The van der Waals surface area contributed by atoms with Crippen molar-refractivity contribution in [1.82, 2.24) is 5.48 Å². The lowest BCUT2D eigenvalue weighted by Gasteiger charge is -2.57. The third-order valence-corrected chi connectivity index (χ3v) is 4.20. The minimum Gasteiger partial charge on any atom is -0.378 e. The Hall–Kier alpha value is -0.120. The molecule has 2 rings (SSSR count). The molecule has 1 spiro atoms. The summed E-state index contributed by atoms with van der Waals surface area (Å²) in [5, 5.41) is 0. The van der Waals surface area contributed by atoms with E-state index in [-0.39, 0.29) is 0 Å². The summed E-state index contributed by atoms with van der Waals surface area (Å²) in [7, 11) is 1.71. The van der Waals surface area contributed by atoms with Crippen LogP contribution in [0.4, 0.5) is 0 Å². The molecule has 0 bridgehead atoms. The van der Waals surface area contributed by atoms with Crippen LogP contribution in [0.2, 0.25) is 0 Å². The Bertz CT molecular complexity index is 188. The van der Waals surface area contributed by atoms with Gasteiger partial charge in [-0.05, 0) is 26.2 Å². The summed E-state index contributed by atoms with van der Waals surface area (Å²) in [5.41, 5.74) is 3.53. The molecule has 3 heteroatoms. The van der Waals surface area contributed by atoms with Gasteiger partial charge in [0.15, 0.2) is 0 Å². The average molecular weight is 213 g/mol. The van der Waals surface area contributed by atoms with Gasteiger partial charge in [0.05, 0.1) is 13.2 Å².